The lowest BCUT2D eigenvalue weighted by Crippen LogP contribution is -2.26. The molecule has 1 rings (SSSR count). The fraction of sp³-hybridized carbons (Fsp3) is 1.00. The first-order chi connectivity index (χ1) is 4.64. The zero-order valence-corrected chi connectivity index (χ0v) is 8.34. The van der Waals surface area contributed by atoms with Crippen molar-refractivity contribution in [2.45, 2.75) is 25.7 Å². The van der Waals surface area contributed by atoms with Crippen LogP contribution < -0.4 is 3.53 Å². The average molecular weight is 257 g/mol. The van der Waals surface area contributed by atoms with Gasteiger partial charge in [-0.25, -0.2) is 0 Å². The first-order valence-electron chi connectivity index (χ1n) is 3.29. The van der Waals surface area contributed by atoms with E-state index in [9.17, 15) is 0 Å². The molecule has 0 saturated carbocycles. The summed E-state index contributed by atoms with van der Waals surface area (Å²) in [4.78, 5) is 0. The van der Waals surface area contributed by atoms with E-state index in [2.05, 4.69) is 26.4 Å². The third-order valence-electron chi connectivity index (χ3n) is 1.37. The Labute approximate surface area is 75.0 Å². The topological polar surface area (TPSA) is 30.5 Å². The van der Waals surface area contributed by atoms with Gasteiger partial charge in [0.1, 0.15) is 0 Å². The van der Waals surface area contributed by atoms with Gasteiger partial charge < -0.3 is 9.47 Å². The smallest absolute Gasteiger partial charge is 0.163 e. The normalized spacial score (nSPS) is 30.9. The highest BCUT2D eigenvalue weighted by atomic mass is 127. The third kappa shape index (κ3) is 2.34. The van der Waals surface area contributed by atoms with Crippen LogP contribution in [0.2, 0.25) is 0 Å². The summed E-state index contributed by atoms with van der Waals surface area (Å²) < 4.78 is 13.9. The molecule has 3 nitrogen and oxygen atoms in total. The summed E-state index contributed by atoms with van der Waals surface area (Å²) in [5.74, 6) is -0.377. The molecule has 1 N–H and O–H groups in total. The summed E-state index contributed by atoms with van der Waals surface area (Å²) >= 11 is 2.10. The molecule has 1 fully saturated rings. The molecule has 0 spiro atoms. The van der Waals surface area contributed by atoms with Crippen molar-refractivity contribution in [3.63, 3.8) is 0 Å². The lowest BCUT2D eigenvalue weighted by molar-refractivity contribution is -0.137. The van der Waals surface area contributed by atoms with Crippen molar-refractivity contribution >= 4 is 22.9 Å². The number of halogens is 1. The molecule has 4 heteroatoms. The SMILES string of the molecule is CC1(C)OCC(CNI)O1. The van der Waals surface area contributed by atoms with Gasteiger partial charge in [-0.1, -0.05) is 0 Å². The van der Waals surface area contributed by atoms with Crippen LogP contribution in [0.15, 0.2) is 0 Å². The highest BCUT2D eigenvalue weighted by molar-refractivity contribution is 14.1. The van der Waals surface area contributed by atoms with Crippen LogP contribution in [-0.2, 0) is 9.47 Å². The Morgan fingerprint density at radius 2 is 2.40 bits per heavy atom. The molecule has 1 heterocycles. The van der Waals surface area contributed by atoms with Gasteiger partial charge in [-0.15, -0.1) is 0 Å². The molecule has 1 aliphatic heterocycles. The first-order valence-corrected chi connectivity index (χ1v) is 4.37. The molecule has 0 aromatic heterocycles. The van der Waals surface area contributed by atoms with Gasteiger partial charge in [0.15, 0.2) is 5.79 Å². The molecule has 0 bridgehead atoms. The van der Waals surface area contributed by atoms with Crippen molar-refractivity contribution in [1.82, 2.24) is 3.53 Å². The highest BCUT2D eigenvalue weighted by Crippen LogP contribution is 2.21. The second-order valence-corrected chi connectivity index (χ2v) is 3.55. The van der Waals surface area contributed by atoms with E-state index in [1.165, 1.54) is 0 Å². The van der Waals surface area contributed by atoms with Crippen LogP contribution in [-0.4, -0.2) is 25.0 Å². The van der Waals surface area contributed by atoms with Gasteiger partial charge in [-0.2, -0.15) is 0 Å². The van der Waals surface area contributed by atoms with Crippen molar-refractivity contribution in [2.75, 3.05) is 13.2 Å². The Balaban J connectivity index is 2.29. The Morgan fingerprint density at radius 1 is 1.70 bits per heavy atom. The van der Waals surface area contributed by atoms with Gasteiger partial charge in [0, 0.05) is 29.4 Å². The number of nitrogens with one attached hydrogen (secondary N) is 1. The van der Waals surface area contributed by atoms with Crippen LogP contribution in [0.1, 0.15) is 13.8 Å². The maximum Gasteiger partial charge on any atom is 0.163 e. The zero-order chi connectivity index (χ0) is 7.61. The fourth-order valence-corrected chi connectivity index (χ4v) is 1.44. The van der Waals surface area contributed by atoms with Crippen molar-refractivity contribution < 1.29 is 9.47 Å². The van der Waals surface area contributed by atoms with Gasteiger partial charge in [-0.3, -0.25) is 3.53 Å². The Hall–Kier alpha value is 0.610. The summed E-state index contributed by atoms with van der Waals surface area (Å²) in [6.45, 7) is 5.41. The van der Waals surface area contributed by atoms with E-state index in [4.69, 9.17) is 9.47 Å². The summed E-state index contributed by atoms with van der Waals surface area (Å²) in [5.41, 5.74) is 0. The zero-order valence-electron chi connectivity index (χ0n) is 6.19. The quantitative estimate of drug-likeness (QED) is 0.593. The monoisotopic (exact) mass is 257 g/mol. The van der Waals surface area contributed by atoms with E-state index in [1.54, 1.807) is 0 Å². The molecule has 10 heavy (non-hydrogen) atoms. The molecule has 60 valence electrons. The summed E-state index contributed by atoms with van der Waals surface area (Å²) in [7, 11) is 0. The predicted molar refractivity (Wildman–Crippen MR) is 46.9 cm³/mol. The van der Waals surface area contributed by atoms with E-state index in [0.29, 0.717) is 6.61 Å². The second-order valence-electron chi connectivity index (χ2n) is 2.79. The largest absolute Gasteiger partial charge is 0.348 e. The van der Waals surface area contributed by atoms with Crippen molar-refractivity contribution in [1.29, 1.82) is 0 Å². The van der Waals surface area contributed by atoms with Gasteiger partial charge in [0.05, 0.1) is 12.7 Å². The minimum atomic E-state index is -0.377. The van der Waals surface area contributed by atoms with Crippen LogP contribution in [0.5, 0.6) is 0 Å². The van der Waals surface area contributed by atoms with E-state index in [-0.39, 0.29) is 11.9 Å². The lowest BCUT2D eigenvalue weighted by atomic mass is 10.4. The summed E-state index contributed by atoms with van der Waals surface area (Å²) in [6, 6.07) is 0. The minimum Gasteiger partial charge on any atom is -0.348 e. The Kier molecular flexibility index (Phi) is 2.91. The second kappa shape index (κ2) is 3.34. The van der Waals surface area contributed by atoms with E-state index in [0.717, 1.165) is 6.54 Å². The molecule has 0 aliphatic carbocycles. The van der Waals surface area contributed by atoms with Crippen molar-refractivity contribution in [2.24, 2.45) is 0 Å². The van der Waals surface area contributed by atoms with Crippen LogP contribution in [0.25, 0.3) is 0 Å². The average Bonchev–Trinajstić information content (AvgIpc) is 2.12. The van der Waals surface area contributed by atoms with Crippen LogP contribution in [0.4, 0.5) is 0 Å². The molecule has 0 radical (unpaired) electrons. The number of ether oxygens (including phenoxy) is 2. The van der Waals surface area contributed by atoms with Gasteiger partial charge >= 0.3 is 0 Å². The maximum absolute atomic E-state index is 5.50. The van der Waals surface area contributed by atoms with Crippen molar-refractivity contribution in [3.05, 3.63) is 0 Å². The maximum atomic E-state index is 5.50. The molecule has 0 aromatic rings. The summed E-state index contributed by atoms with van der Waals surface area (Å²) in [6.07, 6.45) is 0.215. The van der Waals surface area contributed by atoms with Crippen LogP contribution >= 0.6 is 22.9 Å². The first kappa shape index (κ1) is 8.70. The molecule has 0 aromatic carbocycles. The van der Waals surface area contributed by atoms with Crippen LogP contribution in [0.3, 0.4) is 0 Å². The highest BCUT2D eigenvalue weighted by Gasteiger charge is 2.31. The lowest BCUT2D eigenvalue weighted by Gasteiger charge is -2.16. The molecule has 1 aliphatic rings. The molecule has 1 unspecified atom stereocenters. The number of hydrogen-bond donors (Lipinski definition) is 1. The molecule has 1 saturated heterocycles. The third-order valence-corrected chi connectivity index (χ3v) is 1.81. The Bertz CT molecular complexity index is 118. The van der Waals surface area contributed by atoms with E-state index >= 15 is 0 Å². The van der Waals surface area contributed by atoms with Crippen LogP contribution in [0, 0.1) is 0 Å². The fourth-order valence-electron chi connectivity index (χ4n) is 0.950. The van der Waals surface area contributed by atoms with E-state index in [1.807, 2.05) is 13.8 Å². The Morgan fingerprint density at radius 3 is 2.80 bits per heavy atom. The minimum absolute atomic E-state index is 0.215. The number of rotatable bonds is 2. The van der Waals surface area contributed by atoms with Gasteiger partial charge in [0.25, 0.3) is 0 Å². The molecular formula is C6H12INO2. The van der Waals surface area contributed by atoms with E-state index < -0.39 is 0 Å². The standard InChI is InChI=1S/C6H12INO2/c1-6(2)9-4-5(10-6)3-8-7/h5,8H,3-4H2,1-2H3. The molecule has 0 amide bonds. The van der Waals surface area contributed by atoms with Gasteiger partial charge in [0.2, 0.25) is 0 Å². The molecular weight excluding hydrogens is 245 g/mol. The summed E-state index contributed by atoms with van der Waals surface area (Å²) in [5, 5.41) is 0. The predicted octanol–water partition coefficient (Wildman–Crippen LogP) is 1.08. The molecule has 1 atom stereocenters. The van der Waals surface area contributed by atoms with Crippen molar-refractivity contribution in [3.8, 4) is 0 Å². The number of hydrogen-bond acceptors (Lipinski definition) is 3. The van der Waals surface area contributed by atoms with Gasteiger partial charge in [-0.05, 0) is 13.8 Å².